The maximum absolute atomic E-state index is 15.0. The molecule has 2 aromatic heterocycles. The quantitative estimate of drug-likeness (QED) is 0.448. The summed E-state index contributed by atoms with van der Waals surface area (Å²) in [6.07, 6.45) is 6.59. The van der Waals surface area contributed by atoms with Gasteiger partial charge in [0.05, 0.1) is 17.4 Å². The molecule has 9 nitrogen and oxygen atoms in total. The molecule has 2 bridgehead atoms. The monoisotopic (exact) mass is 539 g/mol. The van der Waals surface area contributed by atoms with E-state index in [0.717, 1.165) is 44.1 Å². The van der Waals surface area contributed by atoms with E-state index < -0.39 is 11.8 Å². The Kier molecular flexibility index (Phi) is 6.65. The van der Waals surface area contributed by atoms with E-state index in [-0.39, 0.29) is 41.1 Å². The summed E-state index contributed by atoms with van der Waals surface area (Å²) in [7, 11) is 0. The number of ether oxygens (including phenoxy) is 2. The molecule has 198 valence electrons. The zero-order chi connectivity index (χ0) is 26.2. The average Bonchev–Trinajstić information content (AvgIpc) is 3.52. The Morgan fingerprint density at radius 3 is 2.82 bits per heavy atom. The lowest BCUT2D eigenvalue weighted by atomic mass is 9.99. The predicted molar refractivity (Wildman–Crippen MR) is 138 cm³/mol. The minimum absolute atomic E-state index is 0.000784. The van der Waals surface area contributed by atoms with E-state index in [1.807, 2.05) is 0 Å². The van der Waals surface area contributed by atoms with Gasteiger partial charge in [0.2, 0.25) is 11.8 Å². The van der Waals surface area contributed by atoms with Crippen LogP contribution >= 0.6 is 11.6 Å². The first kappa shape index (κ1) is 24.7. The van der Waals surface area contributed by atoms with Gasteiger partial charge >= 0.3 is 6.03 Å². The third-order valence-corrected chi connectivity index (χ3v) is 7.82. The standard InChI is InChI=1S/C27H27ClFN5O4/c28-19-13-21(30-27(36)34-17-8-9-22(34)26-15(10-17)12-23(35)32-33-26)20(29)11-16(19)14-37-24-6-3-7-25(31-24)38-18-4-1-2-5-18/h3,6-7,11-13,17-18,22H,1-2,4-5,8-10,14H2,(H,30,36)(H,32,35)/t17-,22+/m0/s1. The highest BCUT2D eigenvalue weighted by Crippen LogP contribution is 2.42. The van der Waals surface area contributed by atoms with Crippen molar-refractivity contribution in [3.05, 3.63) is 74.4 Å². The van der Waals surface area contributed by atoms with Gasteiger partial charge in [-0.2, -0.15) is 10.1 Å². The lowest BCUT2D eigenvalue weighted by Gasteiger charge is -2.35. The number of nitrogens with one attached hydrogen (secondary N) is 2. The number of carbonyl (C=O) groups is 1. The fourth-order valence-corrected chi connectivity index (χ4v) is 5.88. The molecule has 2 aliphatic heterocycles. The van der Waals surface area contributed by atoms with Gasteiger partial charge in [0.1, 0.15) is 18.5 Å². The molecule has 3 aromatic rings. The highest BCUT2D eigenvalue weighted by molar-refractivity contribution is 6.31. The smallest absolute Gasteiger partial charge is 0.322 e. The summed E-state index contributed by atoms with van der Waals surface area (Å²) in [4.78, 5) is 30.9. The molecule has 4 heterocycles. The van der Waals surface area contributed by atoms with Crippen LogP contribution in [0.3, 0.4) is 0 Å². The molecule has 1 saturated heterocycles. The maximum atomic E-state index is 15.0. The second kappa shape index (κ2) is 10.2. The number of nitrogens with zero attached hydrogens (tertiary/aromatic N) is 3. The van der Waals surface area contributed by atoms with Crippen molar-refractivity contribution < 1.29 is 18.7 Å². The number of anilines is 1. The molecule has 1 aliphatic carbocycles. The molecule has 2 amide bonds. The van der Waals surface area contributed by atoms with Crippen LogP contribution in [0.2, 0.25) is 5.02 Å². The second-order valence-corrected chi connectivity index (χ2v) is 10.4. The number of amides is 2. The maximum Gasteiger partial charge on any atom is 0.322 e. The average molecular weight is 540 g/mol. The Balaban J connectivity index is 1.12. The van der Waals surface area contributed by atoms with Crippen LogP contribution in [0.5, 0.6) is 11.8 Å². The Bertz CT molecular complexity index is 1430. The van der Waals surface area contributed by atoms with Crippen molar-refractivity contribution in [2.24, 2.45) is 0 Å². The molecular weight excluding hydrogens is 513 g/mol. The first-order valence-corrected chi connectivity index (χ1v) is 13.2. The van der Waals surface area contributed by atoms with Gasteiger partial charge in [-0.3, -0.25) is 4.79 Å². The first-order valence-electron chi connectivity index (χ1n) is 12.9. The summed E-state index contributed by atoms with van der Waals surface area (Å²) >= 11 is 6.43. The van der Waals surface area contributed by atoms with Crippen LogP contribution in [0.25, 0.3) is 0 Å². The third-order valence-electron chi connectivity index (χ3n) is 7.47. The summed E-state index contributed by atoms with van der Waals surface area (Å²) in [6, 6.07) is 8.69. The Morgan fingerprint density at radius 2 is 1.97 bits per heavy atom. The summed E-state index contributed by atoms with van der Waals surface area (Å²) in [5.74, 6) is 0.227. The predicted octanol–water partition coefficient (Wildman–Crippen LogP) is 5.15. The molecule has 3 aliphatic rings. The van der Waals surface area contributed by atoms with Gasteiger partial charge in [-0.15, -0.1) is 0 Å². The van der Waals surface area contributed by atoms with Crippen molar-refractivity contribution >= 4 is 23.3 Å². The first-order chi connectivity index (χ1) is 18.4. The number of aromatic amines is 1. The Morgan fingerprint density at radius 1 is 1.16 bits per heavy atom. The van der Waals surface area contributed by atoms with Crippen LogP contribution < -0.4 is 20.3 Å². The fourth-order valence-electron chi connectivity index (χ4n) is 5.66. The molecule has 11 heteroatoms. The summed E-state index contributed by atoms with van der Waals surface area (Å²) in [6.45, 7) is 0.000784. The molecule has 0 spiro atoms. The molecule has 0 unspecified atom stereocenters. The van der Waals surface area contributed by atoms with Crippen molar-refractivity contribution in [3.63, 3.8) is 0 Å². The number of H-pyrrole nitrogens is 1. The van der Waals surface area contributed by atoms with E-state index >= 15 is 4.39 Å². The number of aromatic nitrogens is 3. The van der Waals surface area contributed by atoms with Crippen molar-refractivity contribution in [3.8, 4) is 11.8 Å². The van der Waals surface area contributed by atoms with Gasteiger partial charge in [0.25, 0.3) is 5.56 Å². The number of benzene rings is 1. The van der Waals surface area contributed by atoms with Crippen LogP contribution in [0.15, 0.2) is 41.2 Å². The van der Waals surface area contributed by atoms with Crippen molar-refractivity contribution in [2.45, 2.75) is 69.7 Å². The lowest BCUT2D eigenvalue weighted by molar-refractivity contribution is 0.177. The van der Waals surface area contributed by atoms with Crippen molar-refractivity contribution in [2.75, 3.05) is 5.32 Å². The fraction of sp³-hybridized carbons (Fsp3) is 0.407. The van der Waals surface area contributed by atoms with E-state index in [0.29, 0.717) is 29.4 Å². The Hall–Kier alpha value is -3.66. The van der Waals surface area contributed by atoms with Crippen molar-refractivity contribution in [1.82, 2.24) is 20.1 Å². The van der Waals surface area contributed by atoms with E-state index in [9.17, 15) is 9.59 Å². The van der Waals surface area contributed by atoms with Crippen molar-refractivity contribution in [1.29, 1.82) is 0 Å². The molecule has 2 fully saturated rings. The van der Waals surface area contributed by atoms with Gasteiger partial charge in [0.15, 0.2) is 0 Å². The number of hydrogen-bond acceptors (Lipinski definition) is 6. The summed E-state index contributed by atoms with van der Waals surface area (Å²) in [5, 5.41) is 9.55. The van der Waals surface area contributed by atoms with Gasteiger partial charge in [-0.1, -0.05) is 17.7 Å². The van der Waals surface area contributed by atoms with Gasteiger partial charge in [0, 0.05) is 34.8 Å². The highest BCUT2D eigenvalue weighted by Gasteiger charge is 2.44. The van der Waals surface area contributed by atoms with Gasteiger partial charge in [-0.25, -0.2) is 14.3 Å². The Labute approximate surface area is 223 Å². The molecule has 6 rings (SSSR count). The SMILES string of the molecule is O=C(Nc1cc(Cl)c(COc2cccc(OC3CCCC3)n2)cc1F)N1[C@H]2CC[C@@H]1c1n[nH]c(=O)cc1C2. The molecule has 0 radical (unpaired) electrons. The molecule has 1 saturated carbocycles. The second-order valence-electron chi connectivity index (χ2n) is 9.98. The van der Waals surface area contributed by atoms with E-state index in [2.05, 4.69) is 20.5 Å². The number of carbonyl (C=O) groups excluding carboxylic acids is 1. The summed E-state index contributed by atoms with van der Waals surface area (Å²) in [5.41, 5.74) is 1.68. The van der Waals surface area contributed by atoms with Crippen LogP contribution in [-0.4, -0.2) is 38.3 Å². The number of pyridine rings is 1. The van der Waals surface area contributed by atoms with Crippen LogP contribution in [0.4, 0.5) is 14.9 Å². The third kappa shape index (κ3) is 4.92. The number of fused-ring (bicyclic) bond motifs is 4. The molecular formula is C27H27ClFN5O4. The molecule has 2 atom stereocenters. The number of urea groups is 1. The highest BCUT2D eigenvalue weighted by atomic mass is 35.5. The molecule has 2 N–H and O–H groups in total. The van der Waals surface area contributed by atoms with Crippen LogP contribution in [0, 0.1) is 5.82 Å². The number of rotatable bonds is 6. The van der Waals surface area contributed by atoms with E-state index in [1.165, 1.54) is 18.2 Å². The zero-order valence-electron chi connectivity index (χ0n) is 20.6. The topological polar surface area (TPSA) is 109 Å². The van der Waals surface area contributed by atoms with Crippen LogP contribution in [-0.2, 0) is 13.0 Å². The minimum atomic E-state index is -0.625. The normalized spacial score (nSPS) is 20.3. The van der Waals surface area contributed by atoms with Crippen LogP contribution in [0.1, 0.15) is 61.4 Å². The molecule has 38 heavy (non-hydrogen) atoms. The van der Waals surface area contributed by atoms with Gasteiger partial charge in [-0.05, 0) is 62.6 Å². The largest absolute Gasteiger partial charge is 0.474 e. The van der Waals surface area contributed by atoms with E-state index in [1.54, 1.807) is 23.1 Å². The number of halogens is 2. The number of hydrogen-bond donors (Lipinski definition) is 2. The summed E-state index contributed by atoms with van der Waals surface area (Å²) < 4.78 is 26.7. The minimum Gasteiger partial charge on any atom is -0.474 e. The molecule has 1 aromatic carbocycles. The van der Waals surface area contributed by atoms with E-state index in [4.69, 9.17) is 21.1 Å². The zero-order valence-corrected chi connectivity index (χ0v) is 21.3. The van der Waals surface area contributed by atoms with Gasteiger partial charge < -0.3 is 19.7 Å². The lowest BCUT2D eigenvalue weighted by Crippen LogP contribution is -2.45.